The smallest absolute Gasteiger partial charge is 0.408 e. The number of aryl methyl sites for hydroxylation is 2. The quantitative estimate of drug-likeness (QED) is 0.418. The van der Waals surface area contributed by atoms with Gasteiger partial charge in [0.1, 0.15) is 30.4 Å². The molecule has 0 radical (unpaired) electrons. The van der Waals surface area contributed by atoms with Crippen LogP contribution in [0.2, 0.25) is 0 Å². The number of hydrogen-bond donors (Lipinski definition) is 2. The lowest BCUT2D eigenvalue weighted by Gasteiger charge is -2.40. The number of carbonyl (C=O) groups excluding carboxylic acids is 4. The highest BCUT2D eigenvalue weighted by atomic mass is 16.6. The zero-order valence-electron chi connectivity index (χ0n) is 23.4. The number of H-pyrrole nitrogens is 1. The van der Waals surface area contributed by atoms with Gasteiger partial charge in [0.15, 0.2) is 0 Å². The molecule has 1 aromatic carbocycles. The number of nitrogens with one attached hydrogen (secondary N) is 2. The first kappa shape index (κ1) is 29.9. The minimum atomic E-state index is -0.885. The van der Waals surface area contributed by atoms with Crippen LogP contribution < -0.4 is 5.32 Å². The van der Waals surface area contributed by atoms with Gasteiger partial charge in [-0.3, -0.25) is 14.4 Å². The molecule has 2 heterocycles. The molecule has 10 nitrogen and oxygen atoms in total. The van der Waals surface area contributed by atoms with E-state index in [1.54, 1.807) is 38.1 Å². The summed E-state index contributed by atoms with van der Waals surface area (Å²) >= 11 is 0. The van der Waals surface area contributed by atoms with E-state index in [0.717, 1.165) is 12.0 Å². The molecule has 2 aromatic rings. The van der Waals surface area contributed by atoms with E-state index in [-0.39, 0.29) is 37.7 Å². The third kappa shape index (κ3) is 9.23. The van der Waals surface area contributed by atoms with Crippen molar-refractivity contribution < 1.29 is 28.7 Å². The number of ketones is 1. The van der Waals surface area contributed by atoms with Gasteiger partial charge in [-0.05, 0) is 51.2 Å². The molecule has 1 saturated heterocycles. The number of likely N-dealkylation sites (tertiary alicyclic amines) is 1. The fraction of sp³-hybridized carbons (Fsp3) is 0.552. The molecule has 0 atom stereocenters. The SMILES string of the molecule is CCc1ccc(CC(=O)OCC2(C(=O)CCc3ncc[nH]3)CCN(C(=O)CNC(=O)OC(C)(C)C)CC2)cc1. The van der Waals surface area contributed by atoms with Gasteiger partial charge in [-0.25, -0.2) is 9.78 Å². The van der Waals surface area contributed by atoms with Crippen molar-refractivity contribution in [3.05, 3.63) is 53.6 Å². The number of rotatable bonds is 11. The highest BCUT2D eigenvalue weighted by molar-refractivity contribution is 5.87. The standard InChI is InChI=1S/C29H40N4O6/c1-5-21-6-8-22(9-7-21)18-26(36)38-20-29(23(34)10-11-24-30-14-15-31-24)12-16-33(17-13-29)25(35)19-32-27(37)39-28(2,3)4/h6-9,14-15H,5,10-13,16-20H2,1-4H3,(H,30,31)(H,32,37). The number of Topliss-reactive ketones (excluding diaryl/α,β-unsaturated/α-hetero) is 1. The molecule has 1 aliphatic heterocycles. The van der Waals surface area contributed by atoms with Crippen molar-refractivity contribution in [3.63, 3.8) is 0 Å². The van der Waals surface area contributed by atoms with Crippen molar-refractivity contribution in [2.45, 2.75) is 71.8 Å². The van der Waals surface area contributed by atoms with Gasteiger partial charge >= 0.3 is 12.1 Å². The predicted octanol–water partition coefficient (Wildman–Crippen LogP) is 3.39. The van der Waals surface area contributed by atoms with Gasteiger partial charge < -0.3 is 24.7 Å². The topological polar surface area (TPSA) is 131 Å². The van der Waals surface area contributed by atoms with E-state index < -0.39 is 23.1 Å². The van der Waals surface area contributed by atoms with Crippen molar-refractivity contribution >= 4 is 23.8 Å². The van der Waals surface area contributed by atoms with Gasteiger partial charge in [0, 0.05) is 38.3 Å². The second kappa shape index (κ2) is 13.4. The molecule has 1 aromatic heterocycles. The molecule has 0 saturated carbocycles. The van der Waals surface area contributed by atoms with E-state index in [9.17, 15) is 19.2 Å². The monoisotopic (exact) mass is 540 g/mol. The lowest BCUT2D eigenvalue weighted by Crippen LogP contribution is -2.51. The maximum absolute atomic E-state index is 13.5. The number of benzene rings is 1. The molecule has 0 spiro atoms. The molecule has 0 bridgehead atoms. The fourth-order valence-electron chi connectivity index (χ4n) is 4.52. The molecule has 3 rings (SSSR count). The van der Waals surface area contributed by atoms with E-state index in [1.165, 1.54) is 5.56 Å². The molecule has 212 valence electrons. The Morgan fingerprint density at radius 1 is 1.08 bits per heavy atom. The largest absolute Gasteiger partial charge is 0.464 e. The number of alkyl carbamates (subject to hydrolysis) is 1. The molecule has 1 fully saturated rings. The van der Waals surface area contributed by atoms with Crippen LogP contribution in [0.3, 0.4) is 0 Å². The van der Waals surface area contributed by atoms with Crippen molar-refractivity contribution in [3.8, 4) is 0 Å². The third-order valence-corrected chi connectivity index (χ3v) is 6.88. The highest BCUT2D eigenvalue weighted by Gasteiger charge is 2.43. The Balaban J connectivity index is 1.59. The van der Waals surface area contributed by atoms with E-state index in [2.05, 4.69) is 22.2 Å². The second-order valence-corrected chi connectivity index (χ2v) is 11.0. The molecule has 1 aliphatic rings. The number of hydrogen-bond acceptors (Lipinski definition) is 7. The van der Waals surface area contributed by atoms with Crippen LogP contribution >= 0.6 is 0 Å². The van der Waals surface area contributed by atoms with E-state index in [1.807, 2.05) is 24.3 Å². The Kier molecular flexibility index (Phi) is 10.3. The number of aromatic amines is 1. The Bertz CT molecular complexity index is 1110. The number of aromatic nitrogens is 2. The molecular weight excluding hydrogens is 500 g/mol. The summed E-state index contributed by atoms with van der Waals surface area (Å²) in [5.74, 6) is 0.0485. The van der Waals surface area contributed by atoms with Gasteiger partial charge in [-0.2, -0.15) is 0 Å². The average Bonchev–Trinajstić information content (AvgIpc) is 3.43. The Hall–Kier alpha value is -3.69. The van der Waals surface area contributed by atoms with E-state index in [0.29, 0.717) is 38.2 Å². The van der Waals surface area contributed by atoms with Crippen molar-refractivity contribution in [1.82, 2.24) is 20.2 Å². The maximum atomic E-state index is 13.5. The Morgan fingerprint density at radius 2 is 1.74 bits per heavy atom. The number of amides is 2. The predicted molar refractivity (Wildman–Crippen MR) is 145 cm³/mol. The lowest BCUT2D eigenvalue weighted by molar-refractivity contribution is -0.154. The summed E-state index contributed by atoms with van der Waals surface area (Å²) in [7, 11) is 0. The summed E-state index contributed by atoms with van der Waals surface area (Å²) in [5, 5.41) is 2.49. The normalized spacial score (nSPS) is 14.9. The average molecular weight is 541 g/mol. The van der Waals surface area contributed by atoms with Crippen molar-refractivity contribution in [2.75, 3.05) is 26.2 Å². The molecular formula is C29H40N4O6. The number of ether oxygens (including phenoxy) is 2. The number of carbonyl (C=O) groups is 4. The highest BCUT2D eigenvalue weighted by Crippen LogP contribution is 2.35. The Morgan fingerprint density at radius 3 is 2.33 bits per heavy atom. The van der Waals surface area contributed by atoms with Crippen LogP contribution in [-0.2, 0) is 43.1 Å². The van der Waals surface area contributed by atoms with Crippen molar-refractivity contribution in [1.29, 1.82) is 0 Å². The summed E-state index contributed by atoms with van der Waals surface area (Å²) in [6.45, 7) is 7.72. The van der Waals surface area contributed by atoms with Crippen LogP contribution in [0.15, 0.2) is 36.7 Å². The first-order valence-electron chi connectivity index (χ1n) is 13.5. The number of nitrogens with zero attached hydrogens (tertiary/aromatic N) is 2. The summed E-state index contributed by atoms with van der Waals surface area (Å²) < 4.78 is 10.8. The van der Waals surface area contributed by atoms with Gasteiger partial charge in [-0.15, -0.1) is 0 Å². The number of esters is 1. The van der Waals surface area contributed by atoms with Gasteiger partial charge in [0.2, 0.25) is 5.91 Å². The summed E-state index contributed by atoms with van der Waals surface area (Å²) in [6.07, 6.45) is 5.16. The fourth-order valence-corrected chi connectivity index (χ4v) is 4.52. The molecule has 2 amide bonds. The molecule has 0 aliphatic carbocycles. The molecule has 10 heteroatoms. The molecule has 39 heavy (non-hydrogen) atoms. The van der Waals surface area contributed by atoms with Gasteiger partial charge in [0.05, 0.1) is 11.8 Å². The van der Waals surface area contributed by atoms with Gasteiger partial charge in [0.25, 0.3) is 0 Å². The van der Waals surface area contributed by atoms with Crippen LogP contribution in [0, 0.1) is 5.41 Å². The van der Waals surface area contributed by atoms with Crippen LogP contribution in [0.1, 0.15) is 63.9 Å². The zero-order chi connectivity index (χ0) is 28.5. The van der Waals surface area contributed by atoms with Crippen LogP contribution in [0.5, 0.6) is 0 Å². The zero-order valence-corrected chi connectivity index (χ0v) is 23.4. The van der Waals surface area contributed by atoms with E-state index in [4.69, 9.17) is 9.47 Å². The maximum Gasteiger partial charge on any atom is 0.408 e. The summed E-state index contributed by atoms with van der Waals surface area (Å²) in [4.78, 5) is 59.6. The minimum Gasteiger partial charge on any atom is -0.464 e. The van der Waals surface area contributed by atoms with Crippen LogP contribution in [0.25, 0.3) is 0 Å². The minimum absolute atomic E-state index is 0.0158. The Labute approximate surface area is 229 Å². The van der Waals surface area contributed by atoms with Crippen molar-refractivity contribution in [2.24, 2.45) is 5.41 Å². The summed E-state index contributed by atoms with van der Waals surface area (Å²) in [5.41, 5.74) is 0.498. The summed E-state index contributed by atoms with van der Waals surface area (Å²) in [6, 6.07) is 7.82. The number of piperidine rings is 1. The van der Waals surface area contributed by atoms with Crippen LogP contribution in [-0.4, -0.2) is 70.5 Å². The van der Waals surface area contributed by atoms with E-state index >= 15 is 0 Å². The molecule has 2 N–H and O–H groups in total. The first-order chi connectivity index (χ1) is 18.5. The first-order valence-corrected chi connectivity index (χ1v) is 13.5. The third-order valence-electron chi connectivity index (χ3n) is 6.88. The molecule has 0 unspecified atom stereocenters. The van der Waals surface area contributed by atoms with Gasteiger partial charge in [-0.1, -0.05) is 31.2 Å². The number of imidazole rings is 1. The second-order valence-electron chi connectivity index (χ2n) is 11.0. The van der Waals surface area contributed by atoms with Crippen LogP contribution in [0.4, 0.5) is 4.79 Å². The lowest BCUT2D eigenvalue weighted by atomic mass is 9.74.